The first kappa shape index (κ1) is 11.3. The summed E-state index contributed by atoms with van der Waals surface area (Å²) in [5.41, 5.74) is 5.58. The Morgan fingerprint density at radius 3 is 2.47 bits per heavy atom. The Morgan fingerprint density at radius 1 is 1.27 bits per heavy atom. The van der Waals surface area contributed by atoms with Gasteiger partial charge in [0.15, 0.2) is 0 Å². The Bertz CT molecular complexity index is 310. The van der Waals surface area contributed by atoms with Crippen LogP contribution in [0.15, 0.2) is 24.3 Å². The van der Waals surface area contributed by atoms with E-state index in [4.69, 9.17) is 15.6 Å². The molecule has 0 aliphatic heterocycles. The number of amides is 1. The molecule has 0 aromatic heterocycles. The summed E-state index contributed by atoms with van der Waals surface area (Å²) in [5, 5.41) is 8.79. The van der Waals surface area contributed by atoms with Gasteiger partial charge in [-0.15, -0.1) is 0 Å². The lowest BCUT2D eigenvalue weighted by Crippen LogP contribution is -2.17. The molecule has 5 heteroatoms. The maximum absolute atomic E-state index is 10.2. The van der Waals surface area contributed by atoms with Crippen LogP contribution in [0.1, 0.15) is 5.56 Å². The van der Waals surface area contributed by atoms with Gasteiger partial charge < -0.3 is 20.3 Å². The van der Waals surface area contributed by atoms with Crippen molar-refractivity contribution in [2.45, 2.75) is 6.61 Å². The Kier molecular flexibility index (Phi) is 4.43. The van der Waals surface area contributed by atoms with Crippen LogP contribution in [0.4, 0.5) is 4.79 Å². The van der Waals surface area contributed by atoms with Gasteiger partial charge in [0.1, 0.15) is 19.0 Å². The zero-order valence-corrected chi connectivity index (χ0v) is 8.18. The molecule has 0 bridgehead atoms. The Morgan fingerprint density at radius 2 is 1.93 bits per heavy atom. The van der Waals surface area contributed by atoms with E-state index in [9.17, 15) is 4.79 Å². The zero-order chi connectivity index (χ0) is 11.1. The van der Waals surface area contributed by atoms with Gasteiger partial charge in [-0.05, 0) is 17.7 Å². The summed E-state index contributed by atoms with van der Waals surface area (Å²) >= 11 is 0. The molecular weight excluding hydrogens is 198 g/mol. The third kappa shape index (κ3) is 4.33. The highest BCUT2D eigenvalue weighted by Gasteiger charge is 1.96. The molecule has 0 unspecified atom stereocenters. The van der Waals surface area contributed by atoms with Gasteiger partial charge >= 0.3 is 6.09 Å². The van der Waals surface area contributed by atoms with E-state index in [0.29, 0.717) is 5.75 Å². The highest BCUT2D eigenvalue weighted by atomic mass is 16.6. The predicted octanol–water partition coefficient (Wildman–Crippen LogP) is 0.653. The molecule has 0 fully saturated rings. The van der Waals surface area contributed by atoms with Crippen molar-refractivity contribution in [3.05, 3.63) is 29.8 Å². The van der Waals surface area contributed by atoms with Crippen molar-refractivity contribution in [1.82, 2.24) is 0 Å². The van der Waals surface area contributed by atoms with Crippen LogP contribution in [0.2, 0.25) is 0 Å². The van der Waals surface area contributed by atoms with Crippen LogP contribution in [0.25, 0.3) is 0 Å². The van der Waals surface area contributed by atoms with Crippen LogP contribution in [-0.4, -0.2) is 24.4 Å². The largest absolute Gasteiger partial charge is 0.490 e. The number of hydrogen-bond acceptors (Lipinski definition) is 4. The number of hydrogen-bond donors (Lipinski definition) is 2. The van der Waals surface area contributed by atoms with Gasteiger partial charge in [0.05, 0.1) is 6.61 Å². The van der Waals surface area contributed by atoms with Crippen LogP contribution in [0, 0.1) is 0 Å². The van der Waals surface area contributed by atoms with E-state index in [2.05, 4.69) is 4.74 Å². The van der Waals surface area contributed by atoms with Gasteiger partial charge in [-0.1, -0.05) is 12.1 Å². The van der Waals surface area contributed by atoms with E-state index in [0.717, 1.165) is 5.56 Å². The molecule has 0 heterocycles. The van der Waals surface area contributed by atoms with E-state index >= 15 is 0 Å². The van der Waals surface area contributed by atoms with Crippen molar-refractivity contribution < 1.29 is 19.4 Å². The first-order valence-corrected chi connectivity index (χ1v) is 4.47. The maximum Gasteiger partial charge on any atom is 0.404 e. The van der Waals surface area contributed by atoms with Crippen LogP contribution in [0.3, 0.4) is 0 Å². The smallest absolute Gasteiger partial charge is 0.404 e. The summed E-state index contributed by atoms with van der Waals surface area (Å²) in [7, 11) is 0. The van der Waals surface area contributed by atoms with Gasteiger partial charge in [0.25, 0.3) is 0 Å². The summed E-state index contributed by atoms with van der Waals surface area (Å²) in [5.74, 6) is 0.653. The average molecular weight is 211 g/mol. The van der Waals surface area contributed by atoms with Gasteiger partial charge in [-0.25, -0.2) is 4.79 Å². The van der Waals surface area contributed by atoms with E-state index in [1.54, 1.807) is 24.3 Å². The predicted molar refractivity (Wildman–Crippen MR) is 53.4 cm³/mol. The number of benzene rings is 1. The van der Waals surface area contributed by atoms with Crippen molar-refractivity contribution in [2.75, 3.05) is 13.2 Å². The van der Waals surface area contributed by atoms with Crippen molar-refractivity contribution in [3.8, 4) is 5.75 Å². The van der Waals surface area contributed by atoms with Crippen LogP contribution >= 0.6 is 0 Å². The highest BCUT2D eigenvalue weighted by molar-refractivity contribution is 5.64. The van der Waals surface area contributed by atoms with E-state index < -0.39 is 6.09 Å². The fourth-order valence-electron chi connectivity index (χ4n) is 0.993. The molecule has 1 aromatic rings. The molecule has 5 nitrogen and oxygen atoms in total. The van der Waals surface area contributed by atoms with Crippen molar-refractivity contribution in [2.24, 2.45) is 5.73 Å². The van der Waals surface area contributed by atoms with E-state index in [1.807, 2.05) is 0 Å². The standard InChI is InChI=1S/C10H13NO4/c11-10(13)15-6-5-14-9-3-1-8(7-12)2-4-9/h1-4,12H,5-7H2,(H2,11,13). The van der Waals surface area contributed by atoms with Crippen LogP contribution in [0.5, 0.6) is 5.75 Å². The molecule has 0 atom stereocenters. The molecule has 3 N–H and O–H groups in total. The molecule has 0 aliphatic carbocycles. The summed E-state index contributed by atoms with van der Waals surface area (Å²) in [6, 6.07) is 6.97. The minimum atomic E-state index is -0.811. The van der Waals surface area contributed by atoms with E-state index in [1.165, 1.54) is 0 Å². The number of carbonyl (C=O) groups excluding carboxylic acids is 1. The lowest BCUT2D eigenvalue weighted by Gasteiger charge is -2.06. The molecule has 0 aliphatic rings. The lowest BCUT2D eigenvalue weighted by molar-refractivity contribution is 0.134. The first-order chi connectivity index (χ1) is 7.22. The molecule has 82 valence electrons. The van der Waals surface area contributed by atoms with Gasteiger partial charge in [0, 0.05) is 0 Å². The molecule has 1 rings (SSSR count). The number of nitrogens with two attached hydrogens (primary N) is 1. The summed E-state index contributed by atoms with van der Waals surface area (Å²) in [4.78, 5) is 10.2. The first-order valence-electron chi connectivity index (χ1n) is 4.47. The molecule has 1 amide bonds. The minimum absolute atomic E-state index is 0.00503. The fourth-order valence-corrected chi connectivity index (χ4v) is 0.993. The van der Waals surface area contributed by atoms with Crippen LogP contribution < -0.4 is 10.5 Å². The van der Waals surface area contributed by atoms with Gasteiger partial charge in [-0.2, -0.15) is 0 Å². The molecular formula is C10H13NO4. The molecule has 0 saturated heterocycles. The monoisotopic (exact) mass is 211 g/mol. The van der Waals surface area contributed by atoms with Crippen LogP contribution in [-0.2, 0) is 11.3 Å². The second-order valence-electron chi connectivity index (χ2n) is 2.82. The number of aliphatic hydroxyl groups is 1. The third-order valence-corrected chi connectivity index (χ3v) is 1.70. The number of primary amides is 1. The second-order valence-corrected chi connectivity index (χ2v) is 2.82. The van der Waals surface area contributed by atoms with E-state index in [-0.39, 0.29) is 19.8 Å². The maximum atomic E-state index is 10.2. The number of rotatable bonds is 5. The molecule has 15 heavy (non-hydrogen) atoms. The second kappa shape index (κ2) is 5.87. The lowest BCUT2D eigenvalue weighted by atomic mass is 10.2. The third-order valence-electron chi connectivity index (χ3n) is 1.70. The molecule has 0 saturated carbocycles. The Balaban J connectivity index is 2.28. The number of ether oxygens (including phenoxy) is 2. The number of carbonyl (C=O) groups is 1. The number of aliphatic hydroxyl groups excluding tert-OH is 1. The minimum Gasteiger partial charge on any atom is -0.490 e. The Hall–Kier alpha value is -1.75. The molecule has 1 aromatic carbocycles. The topological polar surface area (TPSA) is 81.8 Å². The van der Waals surface area contributed by atoms with Crippen molar-refractivity contribution in [3.63, 3.8) is 0 Å². The Labute approximate surface area is 87.4 Å². The van der Waals surface area contributed by atoms with Gasteiger partial charge in [0.2, 0.25) is 0 Å². The van der Waals surface area contributed by atoms with Crippen molar-refractivity contribution in [1.29, 1.82) is 0 Å². The zero-order valence-electron chi connectivity index (χ0n) is 8.18. The normalized spacial score (nSPS) is 9.67. The average Bonchev–Trinajstić information content (AvgIpc) is 2.25. The molecule has 0 radical (unpaired) electrons. The quantitative estimate of drug-likeness (QED) is 0.701. The highest BCUT2D eigenvalue weighted by Crippen LogP contribution is 2.11. The summed E-state index contributed by atoms with van der Waals surface area (Å²) in [6.45, 7) is 0.379. The summed E-state index contributed by atoms with van der Waals surface area (Å²) < 4.78 is 9.72. The molecule has 0 spiro atoms. The van der Waals surface area contributed by atoms with Gasteiger partial charge in [-0.3, -0.25) is 0 Å². The fraction of sp³-hybridized carbons (Fsp3) is 0.300. The SMILES string of the molecule is NC(=O)OCCOc1ccc(CO)cc1. The summed E-state index contributed by atoms with van der Waals surface area (Å²) in [6.07, 6.45) is -0.811. The van der Waals surface area contributed by atoms with Crippen molar-refractivity contribution >= 4 is 6.09 Å².